The predicted molar refractivity (Wildman–Crippen MR) is 127 cm³/mol. The molecule has 10 heteroatoms. The number of rotatable bonds is 5. The number of hydrogen-bond donors (Lipinski definition) is 1. The normalized spacial score (nSPS) is 19.9. The lowest BCUT2D eigenvalue weighted by atomic mass is 10.0. The highest BCUT2D eigenvalue weighted by molar-refractivity contribution is 5.85. The molecule has 6 rings (SSSR count). The lowest BCUT2D eigenvalue weighted by molar-refractivity contribution is 0.169. The Morgan fingerprint density at radius 2 is 1.88 bits per heavy atom. The molecule has 0 saturated carbocycles. The van der Waals surface area contributed by atoms with Crippen LogP contribution in [0.25, 0.3) is 11.0 Å². The Kier molecular flexibility index (Phi) is 6.42. The second-order valence-corrected chi connectivity index (χ2v) is 8.99. The molecule has 1 N–H and O–H groups in total. The molecule has 0 bridgehead atoms. The maximum Gasteiger partial charge on any atom is 0.251 e. The van der Waals surface area contributed by atoms with Crippen molar-refractivity contribution in [2.45, 2.75) is 37.9 Å². The Labute approximate surface area is 202 Å². The van der Waals surface area contributed by atoms with Crippen LogP contribution in [0.2, 0.25) is 0 Å². The van der Waals surface area contributed by atoms with Crippen molar-refractivity contribution in [1.82, 2.24) is 24.8 Å². The fraction of sp³-hybridized carbons (Fsp3) is 0.458. The van der Waals surface area contributed by atoms with E-state index in [0.29, 0.717) is 54.6 Å². The quantitative estimate of drug-likeness (QED) is 0.592. The molecule has 1 unspecified atom stereocenters. The molecule has 34 heavy (non-hydrogen) atoms. The maximum absolute atomic E-state index is 14.4. The summed E-state index contributed by atoms with van der Waals surface area (Å²) >= 11 is 0. The minimum atomic E-state index is -0.319. The molecule has 0 amide bonds. The molecule has 1 saturated heterocycles. The maximum atomic E-state index is 14.4. The van der Waals surface area contributed by atoms with Gasteiger partial charge >= 0.3 is 0 Å². The first-order valence-electron chi connectivity index (χ1n) is 11.5. The number of hydrogen-bond acceptors (Lipinski definition) is 7. The number of nitrogens with zero attached hydrogens (tertiary/aromatic N) is 4. The molecule has 1 fully saturated rings. The van der Waals surface area contributed by atoms with Gasteiger partial charge in [0, 0.05) is 36.8 Å². The minimum absolute atomic E-state index is 0. The number of fused-ring (bicyclic) bond motifs is 1. The van der Waals surface area contributed by atoms with E-state index in [1.165, 1.54) is 12.3 Å². The zero-order valence-corrected chi connectivity index (χ0v) is 19.5. The van der Waals surface area contributed by atoms with E-state index in [1.54, 1.807) is 16.8 Å². The van der Waals surface area contributed by atoms with Crippen LogP contribution in [0.15, 0.2) is 35.4 Å². The number of pyridine rings is 3. The van der Waals surface area contributed by atoms with Crippen molar-refractivity contribution in [2.24, 2.45) is 0 Å². The standard InChI is InChI=1S/C24H26FN5O3.ClH/c25-19-12-28-20-1-2-23(31)30-17(10-18(19)24(20)30)14-29-5-3-15(4-6-29)26-11-16-9-21-22(13-27-16)33-8-7-32-21;/h1-2,9,12-13,15,17,26H,3-8,10-11,14H2;1H. The zero-order valence-electron chi connectivity index (χ0n) is 18.7. The van der Waals surface area contributed by atoms with E-state index in [4.69, 9.17) is 9.47 Å². The molecule has 6 heterocycles. The molecule has 0 spiro atoms. The van der Waals surface area contributed by atoms with Gasteiger partial charge in [0.05, 0.1) is 35.2 Å². The van der Waals surface area contributed by atoms with Gasteiger partial charge in [-0.1, -0.05) is 0 Å². The molecule has 0 aromatic carbocycles. The molecule has 1 atom stereocenters. The Balaban J connectivity index is 0.00000241. The highest BCUT2D eigenvalue weighted by atomic mass is 35.5. The predicted octanol–water partition coefficient (Wildman–Crippen LogP) is 2.48. The van der Waals surface area contributed by atoms with Gasteiger partial charge in [0.15, 0.2) is 11.5 Å². The Morgan fingerprint density at radius 1 is 1.09 bits per heavy atom. The third-order valence-electron chi connectivity index (χ3n) is 6.92. The number of likely N-dealkylation sites (tertiary alicyclic amines) is 1. The van der Waals surface area contributed by atoms with Crippen LogP contribution >= 0.6 is 12.4 Å². The first-order chi connectivity index (χ1) is 16.2. The third-order valence-corrected chi connectivity index (χ3v) is 6.92. The number of ether oxygens (including phenoxy) is 2. The minimum Gasteiger partial charge on any atom is -0.486 e. The Morgan fingerprint density at radius 3 is 2.71 bits per heavy atom. The number of piperidine rings is 1. The average Bonchev–Trinajstić information content (AvgIpc) is 3.23. The van der Waals surface area contributed by atoms with E-state index < -0.39 is 0 Å². The van der Waals surface area contributed by atoms with Gasteiger partial charge in [-0.05, 0) is 38.4 Å². The van der Waals surface area contributed by atoms with Gasteiger partial charge < -0.3 is 24.3 Å². The molecule has 3 aromatic rings. The van der Waals surface area contributed by atoms with Gasteiger partial charge in [-0.15, -0.1) is 12.4 Å². The smallest absolute Gasteiger partial charge is 0.251 e. The van der Waals surface area contributed by atoms with E-state index >= 15 is 0 Å². The second-order valence-electron chi connectivity index (χ2n) is 8.99. The molecule has 8 nitrogen and oxygen atoms in total. The molecule has 3 aliphatic heterocycles. The van der Waals surface area contributed by atoms with Gasteiger partial charge in [0.25, 0.3) is 5.56 Å². The van der Waals surface area contributed by atoms with Crippen LogP contribution in [-0.4, -0.2) is 58.3 Å². The lowest BCUT2D eigenvalue weighted by Gasteiger charge is -2.34. The first-order valence-corrected chi connectivity index (χ1v) is 11.5. The van der Waals surface area contributed by atoms with Crippen molar-refractivity contribution in [1.29, 1.82) is 0 Å². The zero-order chi connectivity index (χ0) is 22.4. The van der Waals surface area contributed by atoms with Gasteiger partial charge in [-0.25, -0.2) is 4.39 Å². The molecule has 0 radical (unpaired) electrons. The van der Waals surface area contributed by atoms with E-state index in [1.807, 2.05) is 6.07 Å². The molecule has 3 aliphatic rings. The Hall–Kier alpha value is -2.75. The van der Waals surface area contributed by atoms with E-state index in [9.17, 15) is 9.18 Å². The molecular weight excluding hydrogens is 461 g/mol. The molecular formula is C24H27ClFN5O3. The topological polar surface area (TPSA) is 81.5 Å². The second kappa shape index (κ2) is 9.48. The molecule has 0 aliphatic carbocycles. The fourth-order valence-electron chi connectivity index (χ4n) is 5.25. The summed E-state index contributed by atoms with van der Waals surface area (Å²) in [6, 6.07) is 5.52. The van der Waals surface area contributed by atoms with Gasteiger partial charge in [0.2, 0.25) is 0 Å². The van der Waals surface area contributed by atoms with Crippen molar-refractivity contribution >= 4 is 23.4 Å². The summed E-state index contributed by atoms with van der Waals surface area (Å²) < 4.78 is 27.3. The SMILES string of the molecule is Cl.O=c1ccc2ncc(F)c3c2n1C(CN1CCC(NCc2cc4c(cn2)OCCO4)CC1)C3. The monoisotopic (exact) mass is 487 g/mol. The summed E-state index contributed by atoms with van der Waals surface area (Å²) in [7, 11) is 0. The van der Waals surface area contributed by atoms with Crippen LogP contribution in [0.5, 0.6) is 11.5 Å². The van der Waals surface area contributed by atoms with Gasteiger partial charge in [0.1, 0.15) is 19.0 Å². The van der Waals surface area contributed by atoms with Crippen molar-refractivity contribution < 1.29 is 13.9 Å². The van der Waals surface area contributed by atoms with Crippen LogP contribution in [-0.2, 0) is 13.0 Å². The molecule has 180 valence electrons. The largest absolute Gasteiger partial charge is 0.486 e. The molecule has 3 aromatic heterocycles. The Bertz CT molecular complexity index is 1260. The average molecular weight is 488 g/mol. The van der Waals surface area contributed by atoms with Crippen LogP contribution in [0.3, 0.4) is 0 Å². The van der Waals surface area contributed by atoms with Crippen LogP contribution < -0.4 is 20.3 Å². The van der Waals surface area contributed by atoms with E-state index in [-0.39, 0.29) is 29.8 Å². The number of halogens is 2. The van der Waals surface area contributed by atoms with Gasteiger partial charge in [-0.2, -0.15) is 0 Å². The van der Waals surface area contributed by atoms with Crippen LogP contribution in [0.1, 0.15) is 30.1 Å². The lowest BCUT2D eigenvalue weighted by Crippen LogP contribution is -2.44. The van der Waals surface area contributed by atoms with E-state index in [2.05, 4.69) is 20.2 Å². The van der Waals surface area contributed by atoms with Crippen molar-refractivity contribution in [3.63, 3.8) is 0 Å². The summed E-state index contributed by atoms with van der Waals surface area (Å²) in [5, 5.41) is 3.61. The number of aromatic nitrogens is 3. The van der Waals surface area contributed by atoms with Crippen molar-refractivity contribution in [3.05, 3.63) is 58.0 Å². The summed E-state index contributed by atoms with van der Waals surface area (Å²) in [6.45, 7) is 4.42. The number of nitrogens with one attached hydrogen (secondary N) is 1. The van der Waals surface area contributed by atoms with E-state index in [0.717, 1.165) is 43.9 Å². The fourth-order valence-corrected chi connectivity index (χ4v) is 5.25. The highest BCUT2D eigenvalue weighted by Crippen LogP contribution is 2.32. The van der Waals surface area contributed by atoms with Crippen molar-refractivity contribution in [2.75, 3.05) is 32.8 Å². The summed E-state index contributed by atoms with van der Waals surface area (Å²) in [5.74, 6) is 1.15. The van der Waals surface area contributed by atoms with Gasteiger partial charge in [-0.3, -0.25) is 14.8 Å². The van der Waals surface area contributed by atoms with Crippen LogP contribution in [0, 0.1) is 5.82 Å². The van der Waals surface area contributed by atoms with Crippen molar-refractivity contribution in [3.8, 4) is 11.5 Å². The third kappa shape index (κ3) is 4.23. The van der Waals surface area contributed by atoms with Crippen LogP contribution in [0.4, 0.5) is 4.39 Å². The first kappa shape index (κ1) is 23.0. The summed E-state index contributed by atoms with van der Waals surface area (Å²) in [4.78, 5) is 23.6. The highest BCUT2D eigenvalue weighted by Gasteiger charge is 2.30. The summed E-state index contributed by atoms with van der Waals surface area (Å²) in [6.07, 6.45) is 5.56. The summed E-state index contributed by atoms with van der Waals surface area (Å²) in [5.41, 5.74) is 2.82.